The topological polar surface area (TPSA) is 45.5 Å². The molecule has 1 aliphatic rings. The third kappa shape index (κ3) is 3.50. The Kier molecular flexibility index (Phi) is 4.80. The second kappa shape index (κ2) is 6.25. The Labute approximate surface area is 158 Å². The Bertz CT molecular complexity index is 796. The summed E-state index contributed by atoms with van der Waals surface area (Å²) in [6.07, 6.45) is -2.98. The second-order valence-electron chi connectivity index (χ2n) is 6.69. The van der Waals surface area contributed by atoms with Crippen molar-refractivity contribution in [3.8, 4) is 5.75 Å². The van der Waals surface area contributed by atoms with Gasteiger partial charge < -0.3 is 14.0 Å². The fraction of sp³-hybridized carbons (Fsp3) is 0.500. The number of aromatic nitrogens is 2. The molecule has 1 aromatic heterocycles. The van der Waals surface area contributed by atoms with Crippen LogP contribution in [-0.2, 0) is 9.31 Å². The maximum absolute atomic E-state index is 12.9. The van der Waals surface area contributed by atoms with E-state index in [-0.39, 0.29) is 11.2 Å². The van der Waals surface area contributed by atoms with Crippen LogP contribution in [0, 0.1) is 0 Å². The van der Waals surface area contributed by atoms with E-state index in [1.165, 1.54) is 12.3 Å². The van der Waals surface area contributed by atoms with Gasteiger partial charge in [0.05, 0.1) is 29.3 Å². The molecule has 136 valence electrons. The molecule has 0 spiro atoms. The number of rotatable bonds is 3. The normalized spacial score (nSPS) is 20.1. The molecule has 2 aromatic rings. The van der Waals surface area contributed by atoms with E-state index in [2.05, 4.69) is 31.9 Å². The first kappa shape index (κ1) is 19.2. The minimum absolute atomic E-state index is 0.203. The SMILES string of the molecule is CC1(C)OB(c2c(OC(F)(F)F)ccc3c2cnn3PI)OC1(C)C. The van der Waals surface area contributed by atoms with Gasteiger partial charge in [-0.1, -0.05) is 0 Å². The van der Waals surface area contributed by atoms with Crippen molar-refractivity contribution in [1.29, 1.82) is 0 Å². The van der Waals surface area contributed by atoms with Gasteiger partial charge in [-0.05, 0) is 61.9 Å². The maximum Gasteiger partial charge on any atom is 0.573 e. The van der Waals surface area contributed by atoms with Gasteiger partial charge in [-0.25, -0.2) is 4.45 Å². The van der Waals surface area contributed by atoms with E-state index in [0.29, 0.717) is 17.3 Å². The molecule has 1 fully saturated rings. The third-order valence-electron chi connectivity index (χ3n) is 4.55. The van der Waals surface area contributed by atoms with Gasteiger partial charge >= 0.3 is 13.5 Å². The van der Waals surface area contributed by atoms with Crippen molar-refractivity contribution in [2.24, 2.45) is 0 Å². The minimum atomic E-state index is -4.81. The third-order valence-corrected chi connectivity index (χ3v) is 6.44. The van der Waals surface area contributed by atoms with Crippen molar-refractivity contribution < 1.29 is 27.2 Å². The zero-order valence-corrected chi connectivity index (χ0v) is 17.1. The van der Waals surface area contributed by atoms with E-state index in [9.17, 15) is 13.2 Å². The van der Waals surface area contributed by atoms with Gasteiger partial charge in [0.25, 0.3) is 0 Å². The Hall–Kier alpha value is -0.575. The average Bonchev–Trinajstić information content (AvgIpc) is 2.95. The fourth-order valence-electron chi connectivity index (χ4n) is 2.59. The fourth-order valence-corrected chi connectivity index (χ4v) is 4.13. The molecule has 1 aromatic carbocycles. The molecule has 1 aliphatic heterocycles. The first-order chi connectivity index (χ1) is 11.5. The van der Waals surface area contributed by atoms with Crippen LogP contribution in [0.1, 0.15) is 27.7 Å². The van der Waals surface area contributed by atoms with Gasteiger partial charge in [0.1, 0.15) is 5.75 Å². The number of hydrogen-bond donors (Lipinski definition) is 0. The number of ether oxygens (including phenoxy) is 1. The summed E-state index contributed by atoms with van der Waals surface area (Å²) in [7, 11) is -0.985. The van der Waals surface area contributed by atoms with E-state index in [1.807, 2.05) is 27.7 Å². The summed E-state index contributed by atoms with van der Waals surface area (Å²) in [4.78, 5) is 0. The lowest BCUT2D eigenvalue weighted by atomic mass is 9.76. The molecular weight excluding hydrogens is 470 g/mol. The average molecular weight is 486 g/mol. The molecule has 0 aliphatic carbocycles. The standard InChI is InChI=1S/C14H16BF3IN2O3P/c1-12(2)13(3,4)24-15(23-12)11-8-7-20-21(25-19)9(8)5-6-10(11)22-14(16,17)18/h5-7,25H,1-4H3. The van der Waals surface area contributed by atoms with Crippen molar-refractivity contribution in [1.82, 2.24) is 9.55 Å². The highest BCUT2D eigenvalue weighted by Gasteiger charge is 2.53. The predicted octanol–water partition coefficient (Wildman–Crippen LogP) is 4.03. The monoisotopic (exact) mass is 486 g/mol. The molecule has 3 rings (SSSR count). The first-order valence-electron chi connectivity index (χ1n) is 7.44. The van der Waals surface area contributed by atoms with Crippen LogP contribution < -0.4 is 10.2 Å². The van der Waals surface area contributed by atoms with Crippen LogP contribution in [0.25, 0.3) is 10.9 Å². The minimum Gasteiger partial charge on any atom is -0.406 e. The Balaban J connectivity index is 2.17. The van der Waals surface area contributed by atoms with Crippen LogP contribution in [-0.4, -0.2) is 34.2 Å². The molecule has 2 heterocycles. The molecule has 5 nitrogen and oxygen atoms in total. The summed E-state index contributed by atoms with van der Waals surface area (Å²) in [5.74, 6) is -0.338. The van der Waals surface area contributed by atoms with Crippen molar-refractivity contribution >= 4 is 51.9 Å². The van der Waals surface area contributed by atoms with E-state index >= 15 is 0 Å². The molecule has 0 N–H and O–H groups in total. The van der Waals surface area contributed by atoms with E-state index in [4.69, 9.17) is 9.31 Å². The van der Waals surface area contributed by atoms with Crippen LogP contribution in [0.15, 0.2) is 18.3 Å². The lowest BCUT2D eigenvalue weighted by Crippen LogP contribution is -2.41. The molecule has 25 heavy (non-hydrogen) atoms. The van der Waals surface area contributed by atoms with Gasteiger partial charge in [-0.2, -0.15) is 5.10 Å². The zero-order chi connectivity index (χ0) is 18.6. The van der Waals surface area contributed by atoms with Crippen molar-refractivity contribution in [2.75, 3.05) is 0 Å². The summed E-state index contributed by atoms with van der Waals surface area (Å²) in [6.45, 7) is 7.36. The lowest BCUT2D eigenvalue weighted by molar-refractivity contribution is -0.274. The second-order valence-corrected chi connectivity index (χ2v) is 8.73. The maximum atomic E-state index is 12.9. The van der Waals surface area contributed by atoms with Crippen molar-refractivity contribution in [3.05, 3.63) is 18.3 Å². The number of nitrogens with zero attached hydrogens (tertiary/aromatic N) is 2. The molecule has 1 unspecified atom stereocenters. The van der Waals surface area contributed by atoms with Gasteiger partial charge in [0.15, 0.2) is 0 Å². The summed E-state index contributed by atoms with van der Waals surface area (Å²) >= 11 is 2.15. The molecule has 0 saturated carbocycles. The van der Waals surface area contributed by atoms with E-state index < -0.39 is 24.7 Å². The van der Waals surface area contributed by atoms with Crippen LogP contribution in [0.2, 0.25) is 0 Å². The van der Waals surface area contributed by atoms with Gasteiger partial charge in [0, 0.05) is 10.8 Å². The van der Waals surface area contributed by atoms with Gasteiger partial charge in [-0.3, -0.25) is 0 Å². The zero-order valence-electron chi connectivity index (χ0n) is 13.9. The largest absolute Gasteiger partial charge is 0.573 e. The first-order valence-corrected chi connectivity index (χ1v) is 11.5. The van der Waals surface area contributed by atoms with E-state index in [0.717, 1.165) is 0 Å². The van der Waals surface area contributed by atoms with Crippen LogP contribution in [0.5, 0.6) is 5.75 Å². The summed E-state index contributed by atoms with van der Waals surface area (Å²) in [6, 6.07) is 2.84. The number of halogens is 4. The Morgan fingerprint density at radius 1 is 1.20 bits per heavy atom. The van der Waals surface area contributed by atoms with E-state index in [1.54, 1.807) is 10.5 Å². The van der Waals surface area contributed by atoms with Crippen LogP contribution in [0.4, 0.5) is 13.2 Å². The molecule has 0 radical (unpaired) electrons. The summed E-state index contributed by atoms with van der Waals surface area (Å²) < 4.78 is 56.4. The molecule has 11 heteroatoms. The van der Waals surface area contributed by atoms with Crippen LogP contribution in [0.3, 0.4) is 0 Å². The summed E-state index contributed by atoms with van der Waals surface area (Å²) in [5, 5.41) is 4.75. The molecule has 1 atom stereocenters. The Morgan fingerprint density at radius 2 is 1.80 bits per heavy atom. The van der Waals surface area contributed by atoms with Crippen LogP contribution >= 0.6 is 28.4 Å². The smallest absolute Gasteiger partial charge is 0.406 e. The number of fused-ring (bicyclic) bond motifs is 1. The quantitative estimate of drug-likeness (QED) is 0.374. The lowest BCUT2D eigenvalue weighted by Gasteiger charge is -2.32. The van der Waals surface area contributed by atoms with Gasteiger partial charge in [-0.15, -0.1) is 13.2 Å². The molecule has 1 saturated heterocycles. The highest BCUT2D eigenvalue weighted by Crippen LogP contribution is 2.39. The number of hydrogen-bond acceptors (Lipinski definition) is 4. The number of alkyl halides is 3. The Morgan fingerprint density at radius 3 is 2.32 bits per heavy atom. The van der Waals surface area contributed by atoms with Crippen molar-refractivity contribution in [2.45, 2.75) is 45.3 Å². The van der Waals surface area contributed by atoms with Crippen molar-refractivity contribution in [3.63, 3.8) is 0 Å². The van der Waals surface area contributed by atoms with Gasteiger partial charge in [0.2, 0.25) is 0 Å². The molecule has 0 amide bonds. The molecular formula is C14H16BF3IN2O3P. The highest BCUT2D eigenvalue weighted by molar-refractivity contribution is 14.2. The number of benzene rings is 1. The summed E-state index contributed by atoms with van der Waals surface area (Å²) in [5.41, 5.74) is -0.464. The highest BCUT2D eigenvalue weighted by atomic mass is 127. The predicted molar refractivity (Wildman–Crippen MR) is 99.9 cm³/mol. The molecule has 0 bridgehead atoms.